The second-order valence-corrected chi connectivity index (χ2v) is 4.74. The van der Waals surface area contributed by atoms with Gasteiger partial charge in [0.05, 0.1) is 4.92 Å². The molecule has 0 saturated carbocycles. The molecule has 0 saturated heterocycles. The Kier molecular flexibility index (Phi) is 4.18. The van der Waals surface area contributed by atoms with Crippen molar-refractivity contribution in [2.24, 2.45) is 0 Å². The van der Waals surface area contributed by atoms with Crippen LogP contribution in [-0.2, 0) is 0 Å². The van der Waals surface area contributed by atoms with Crippen molar-refractivity contribution in [3.8, 4) is 0 Å². The molecule has 0 aromatic heterocycles. The van der Waals surface area contributed by atoms with Crippen LogP contribution in [0.25, 0.3) is 11.1 Å². The summed E-state index contributed by atoms with van der Waals surface area (Å²) in [4.78, 5) is 10.8. The monoisotopic (exact) mass is 269 g/mol. The minimum atomic E-state index is -0.281. The molecule has 1 aromatic carbocycles. The molecule has 0 fully saturated rings. The molecule has 0 unspecified atom stereocenters. The molecule has 0 spiro atoms. The summed E-state index contributed by atoms with van der Waals surface area (Å²) < 4.78 is 0. The molecule has 104 valence electrons. The summed E-state index contributed by atoms with van der Waals surface area (Å²) in [5.74, 6) is 0. The molecule has 1 aliphatic carbocycles. The van der Waals surface area contributed by atoms with E-state index in [1.165, 1.54) is 16.7 Å². The molecule has 3 nitrogen and oxygen atoms in total. The highest BCUT2D eigenvalue weighted by molar-refractivity contribution is 6.01. The average Bonchev–Trinajstić information content (AvgIpc) is 2.76. The highest BCUT2D eigenvalue weighted by Gasteiger charge is 2.24. The lowest BCUT2D eigenvalue weighted by molar-refractivity contribution is -0.427. The first kappa shape index (κ1) is 14.3. The maximum Gasteiger partial charge on any atom is 0.246 e. The quantitative estimate of drug-likeness (QED) is 0.580. The summed E-state index contributed by atoms with van der Waals surface area (Å²) in [6, 6.07) is 8.20. The highest BCUT2D eigenvalue weighted by atomic mass is 16.6. The van der Waals surface area contributed by atoms with E-state index < -0.39 is 0 Å². The van der Waals surface area contributed by atoms with Gasteiger partial charge in [0.25, 0.3) is 0 Å². The van der Waals surface area contributed by atoms with Crippen LogP contribution in [0.4, 0.5) is 0 Å². The standard InChI is InChI=1S/C17H19NO2/c1-4-12(18(19)20)11-17-13(5-2)15-9-7-8-10-16(15)14(17)6-3/h5,7-11H,4,6H2,1-3H3/b12-11+,13-5+. The molecule has 1 aliphatic rings. The zero-order valence-corrected chi connectivity index (χ0v) is 12.1. The second kappa shape index (κ2) is 5.87. The zero-order chi connectivity index (χ0) is 14.7. The van der Waals surface area contributed by atoms with Gasteiger partial charge in [0.1, 0.15) is 0 Å². The molecule has 1 aromatic rings. The van der Waals surface area contributed by atoms with Gasteiger partial charge in [-0.3, -0.25) is 10.1 Å². The van der Waals surface area contributed by atoms with E-state index in [1.54, 1.807) is 6.08 Å². The molecular weight excluding hydrogens is 250 g/mol. The van der Waals surface area contributed by atoms with Gasteiger partial charge >= 0.3 is 0 Å². The third-order valence-corrected chi connectivity index (χ3v) is 3.71. The Balaban J connectivity index is 2.65. The van der Waals surface area contributed by atoms with Crippen molar-refractivity contribution in [1.29, 1.82) is 0 Å². The molecular formula is C17H19NO2. The van der Waals surface area contributed by atoms with E-state index in [-0.39, 0.29) is 10.6 Å². The van der Waals surface area contributed by atoms with Crippen molar-refractivity contribution in [3.05, 3.63) is 68.9 Å². The van der Waals surface area contributed by atoms with Gasteiger partial charge in [-0.25, -0.2) is 0 Å². The molecule has 0 N–H and O–H groups in total. The Bertz CT molecular complexity index is 636. The van der Waals surface area contributed by atoms with Gasteiger partial charge < -0.3 is 0 Å². The Hall–Kier alpha value is -2.16. The number of allylic oxidation sites excluding steroid dienone is 6. The van der Waals surface area contributed by atoms with Crippen molar-refractivity contribution in [2.45, 2.75) is 33.6 Å². The SMILES string of the molecule is C/C=C1/C(/C=C(\CC)[N+](=O)[O-])=C(CC)c2ccccc21. The van der Waals surface area contributed by atoms with E-state index in [4.69, 9.17) is 0 Å². The fraction of sp³-hybridized carbons (Fsp3) is 0.294. The maximum absolute atomic E-state index is 11.1. The average molecular weight is 269 g/mol. The summed E-state index contributed by atoms with van der Waals surface area (Å²) in [5.41, 5.74) is 5.94. The van der Waals surface area contributed by atoms with Crippen LogP contribution in [0.3, 0.4) is 0 Å². The smallest absolute Gasteiger partial charge is 0.246 e. The molecule has 0 amide bonds. The molecule has 0 bridgehead atoms. The van der Waals surface area contributed by atoms with Crippen LogP contribution in [0.5, 0.6) is 0 Å². The summed E-state index contributed by atoms with van der Waals surface area (Å²) in [6.45, 7) is 5.89. The van der Waals surface area contributed by atoms with Gasteiger partial charge in [-0.2, -0.15) is 0 Å². The van der Waals surface area contributed by atoms with Crippen molar-refractivity contribution in [1.82, 2.24) is 0 Å². The number of nitro groups is 1. The second-order valence-electron chi connectivity index (χ2n) is 4.74. The Morgan fingerprint density at radius 3 is 2.40 bits per heavy atom. The van der Waals surface area contributed by atoms with Crippen LogP contribution in [0.1, 0.15) is 44.7 Å². The van der Waals surface area contributed by atoms with Crippen molar-refractivity contribution >= 4 is 11.1 Å². The fourth-order valence-corrected chi connectivity index (χ4v) is 2.74. The first-order valence-electron chi connectivity index (χ1n) is 6.98. The first-order chi connectivity index (χ1) is 9.63. The molecule has 2 rings (SSSR count). The molecule has 0 radical (unpaired) electrons. The lowest BCUT2D eigenvalue weighted by Gasteiger charge is -2.03. The maximum atomic E-state index is 11.1. The minimum absolute atomic E-state index is 0.262. The largest absolute Gasteiger partial charge is 0.259 e. The van der Waals surface area contributed by atoms with Crippen LogP contribution in [-0.4, -0.2) is 4.92 Å². The van der Waals surface area contributed by atoms with Gasteiger partial charge in [0.2, 0.25) is 5.70 Å². The molecule has 0 atom stereocenters. The van der Waals surface area contributed by atoms with E-state index in [0.29, 0.717) is 6.42 Å². The van der Waals surface area contributed by atoms with Crippen LogP contribution in [0, 0.1) is 10.1 Å². The number of rotatable bonds is 4. The first-order valence-corrected chi connectivity index (χ1v) is 6.98. The molecule has 20 heavy (non-hydrogen) atoms. The summed E-state index contributed by atoms with van der Waals surface area (Å²) in [7, 11) is 0. The van der Waals surface area contributed by atoms with Gasteiger partial charge in [-0.05, 0) is 41.2 Å². The van der Waals surface area contributed by atoms with Crippen LogP contribution in [0.2, 0.25) is 0 Å². The Labute approximate surface area is 119 Å². The number of hydrogen-bond donors (Lipinski definition) is 0. The highest BCUT2D eigenvalue weighted by Crippen LogP contribution is 2.43. The summed E-state index contributed by atoms with van der Waals surface area (Å²) in [6.07, 6.45) is 5.09. The van der Waals surface area contributed by atoms with Crippen molar-refractivity contribution in [3.63, 3.8) is 0 Å². The predicted molar refractivity (Wildman–Crippen MR) is 82.7 cm³/mol. The zero-order valence-electron chi connectivity index (χ0n) is 12.1. The lowest BCUT2D eigenvalue weighted by Crippen LogP contribution is -1.98. The number of hydrogen-bond acceptors (Lipinski definition) is 2. The summed E-state index contributed by atoms with van der Waals surface area (Å²) in [5, 5.41) is 11.1. The summed E-state index contributed by atoms with van der Waals surface area (Å²) >= 11 is 0. The van der Waals surface area contributed by atoms with E-state index in [2.05, 4.69) is 19.1 Å². The Morgan fingerprint density at radius 1 is 1.25 bits per heavy atom. The third kappa shape index (κ3) is 2.31. The molecule has 0 heterocycles. The normalized spacial score (nSPS) is 16.8. The van der Waals surface area contributed by atoms with E-state index >= 15 is 0 Å². The van der Waals surface area contributed by atoms with Crippen molar-refractivity contribution in [2.75, 3.05) is 0 Å². The van der Waals surface area contributed by atoms with E-state index in [0.717, 1.165) is 17.6 Å². The minimum Gasteiger partial charge on any atom is -0.259 e. The van der Waals surface area contributed by atoms with E-state index in [1.807, 2.05) is 32.1 Å². The van der Waals surface area contributed by atoms with Gasteiger partial charge in [-0.15, -0.1) is 0 Å². The number of fused-ring (bicyclic) bond motifs is 1. The molecule has 0 aliphatic heterocycles. The number of nitrogens with zero attached hydrogens (tertiary/aromatic N) is 1. The predicted octanol–water partition coefficient (Wildman–Crippen LogP) is 4.84. The van der Waals surface area contributed by atoms with Crippen molar-refractivity contribution < 1.29 is 4.92 Å². The number of benzene rings is 1. The van der Waals surface area contributed by atoms with Gasteiger partial charge in [0, 0.05) is 12.5 Å². The fourth-order valence-electron chi connectivity index (χ4n) is 2.74. The Morgan fingerprint density at radius 2 is 1.90 bits per heavy atom. The van der Waals surface area contributed by atoms with Crippen LogP contribution in [0.15, 0.2) is 47.7 Å². The third-order valence-electron chi connectivity index (χ3n) is 3.71. The van der Waals surface area contributed by atoms with E-state index in [9.17, 15) is 10.1 Å². The van der Waals surface area contributed by atoms with Gasteiger partial charge in [0.15, 0.2) is 0 Å². The van der Waals surface area contributed by atoms with Crippen LogP contribution >= 0.6 is 0 Å². The van der Waals surface area contributed by atoms with Crippen LogP contribution < -0.4 is 0 Å². The topological polar surface area (TPSA) is 43.1 Å². The molecule has 3 heteroatoms. The van der Waals surface area contributed by atoms with Gasteiger partial charge in [-0.1, -0.05) is 44.2 Å². The lowest BCUT2D eigenvalue weighted by atomic mass is 10.0.